The molecule has 0 saturated heterocycles. The fraction of sp³-hybridized carbons (Fsp3) is 0.163. The number of hydrogen-bond donors (Lipinski definition) is 0. The van der Waals surface area contributed by atoms with E-state index in [1.165, 1.54) is 76.8 Å². The molecule has 0 saturated carbocycles. The molecule has 7 rings (SSSR count). The summed E-state index contributed by atoms with van der Waals surface area (Å²) >= 11 is 0. The van der Waals surface area contributed by atoms with Gasteiger partial charge < -0.3 is 0 Å². The molecular formula is C43H44N2P2. The molecule has 2 nitrogen and oxygen atoms in total. The van der Waals surface area contributed by atoms with Crippen LogP contribution in [0.2, 0.25) is 0 Å². The van der Waals surface area contributed by atoms with E-state index in [9.17, 15) is 0 Å². The van der Waals surface area contributed by atoms with Crippen molar-refractivity contribution in [2.24, 2.45) is 0 Å². The molecule has 1 aliphatic heterocycles. The molecule has 0 atom stereocenters. The number of hydrogen-bond acceptors (Lipinski definition) is 2. The molecule has 6 aromatic rings. The van der Waals surface area contributed by atoms with Crippen LogP contribution in [0.25, 0.3) is 0 Å². The van der Waals surface area contributed by atoms with Crippen LogP contribution in [0, 0.1) is 27.7 Å². The van der Waals surface area contributed by atoms with Gasteiger partial charge in [0.2, 0.25) is 0 Å². The van der Waals surface area contributed by atoms with Gasteiger partial charge in [-0.3, -0.25) is 0 Å². The molecule has 6 aromatic carbocycles. The van der Waals surface area contributed by atoms with E-state index in [4.69, 9.17) is 0 Å². The summed E-state index contributed by atoms with van der Waals surface area (Å²) < 4.78 is 0. The van der Waals surface area contributed by atoms with Crippen LogP contribution in [-0.2, 0) is 0 Å². The topological polar surface area (TPSA) is 6.48 Å². The zero-order valence-corrected chi connectivity index (χ0v) is 30.4. The van der Waals surface area contributed by atoms with Gasteiger partial charge in [-0.25, -0.2) is 0 Å². The Balaban J connectivity index is 1.68. The quantitative estimate of drug-likeness (QED) is 0.175. The molecule has 0 aromatic heterocycles. The first kappa shape index (κ1) is 31.4. The van der Waals surface area contributed by atoms with E-state index < -0.39 is 15.2 Å². The van der Waals surface area contributed by atoms with Crippen LogP contribution in [0.1, 0.15) is 22.3 Å². The van der Waals surface area contributed by atoms with Crippen molar-refractivity contribution in [1.29, 1.82) is 0 Å². The van der Waals surface area contributed by atoms with E-state index in [0.717, 1.165) is 0 Å². The average Bonchev–Trinajstić information content (AvgIpc) is 3.08. The SMILES string of the molecule is Cc1ccc2c(c1)P(c1ccccc1)c1cc(C)ccc1N(C)c1ccc(C)cc1[PH](C)(c1ccccc1)c1cc(C)ccc1N2C. The van der Waals surface area contributed by atoms with Gasteiger partial charge in [-0.2, -0.15) is 0 Å². The molecular weight excluding hydrogens is 606 g/mol. The molecule has 0 spiro atoms. The van der Waals surface area contributed by atoms with Crippen molar-refractivity contribution >= 4 is 69.8 Å². The Morgan fingerprint density at radius 3 is 1.28 bits per heavy atom. The second-order valence-electron chi connectivity index (χ2n) is 13.3. The number of rotatable bonds is 2. The van der Waals surface area contributed by atoms with Gasteiger partial charge in [0, 0.05) is 0 Å². The Bertz CT molecular complexity index is 1980. The zero-order valence-electron chi connectivity index (χ0n) is 28.5. The fourth-order valence-electron chi connectivity index (χ4n) is 7.35. The monoisotopic (exact) mass is 650 g/mol. The second-order valence-corrected chi connectivity index (χ2v) is 19.4. The van der Waals surface area contributed by atoms with Crippen molar-refractivity contribution < 1.29 is 0 Å². The Hall–Kier alpha value is -4.22. The number of aryl methyl sites for hydroxylation is 4. The molecule has 0 bridgehead atoms. The molecule has 1 aliphatic rings. The molecule has 1 heterocycles. The van der Waals surface area contributed by atoms with Crippen LogP contribution in [0.3, 0.4) is 0 Å². The standard InChI is InChI=1S/C43H44N2P2/c1-30-18-22-36-40(26-30)46(34-14-10-8-11-15-34)41-27-31(2)19-23-37(41)45(6)39-25-21-33(4)29-43(39)47(7,35-16-12-9-13-17-35)42-28-32(3)20-24-38(42)44(36)5/h8-29,47H,1-7H3. The van der Waals surface area contributed by atoms with E-state index in [-0.39, 0.29) is 0 Å². The third kappa shape index (κ3) is 5.49. The van der Waals surface area contributed by atoms with Gasteiger partial charge in [0.15, 0.2) is 0 Å². The third-order valence-corrected chi connectivity index (χ3v) is 16.9. The van der Waals surface area contributed by atoms with Gasteiger partial charge in [0.05, 0.1) is 0 Å². The summed E-state index contributed by atoms with van der Waals surface area (Å²) in [6.45, 7) is 11.5. The minimum atomic E-state index is -2.60. The number of anilines is 4. The summed E-state index contributed by atoms with van der Waals surface area (Å²) in [5.41, 5.74) is 10.2. The maximum atomic E-state index is 2.56. The Kier molecular flexibility index (Phi) is 8.30. The molecule has 236 valence electrons. The second kappa shape index (κ2) is 12.4. The van der Waals surface area contributed by atoms with Crippen LogP contribution in [0.4, 0.5) is 22.7 Å². The van der Waals surface area contributed by atoms with E-state index in [2.05, 4.69) is 192 Å². The molecule has 0 fully saturated rings. The Morgan fingerprint density at radius 2 is 0.830 bits per heavy atom. The Labute approximate surface area is 282 Å². The van der Waals surface area contributed by atoms with E-state index in [1.54, 1.807) is 0 Å². The first-order valence-corrected chi connectivity index (χ1v) is 20.3. The normalized spacial score (nSPS) is 16.1. The van der Waals surface area contributed by atoms with Crippen LogP contribution in [-0.4, -0.2) is 20.8 Å². The number of fused-ring (bicyclic) bond motifs is 4. The number of nitrogens with zero attached hydrogens (tertiary/aromatic N) is 2. The van der Waals surface area contributed by atoms with E-state index >= 15 is 0 Å². The van der Waals surface area contributed by atoms with Gasteiger partial charge in [-0.15, -0.1) is 0 Å². The summed E-state index contributed by atoms with van der Waals surface area (Å²) in [6.07, 6.45) is 0. The fourth-order valence-corrected chi connectivity index (χ4v) is 14.5. The molecule has 0 N–H and O–H groups in total. The third-order valence-electron chi connectivity index (χ3n) is 9.94. The van der Waals surface area contributed by atoms with Gasteiger partial charge in [0.1, 0.15) is 0 Å². The van der Waals surface area contributed by atoms with Gasteiger partial charge in [0.25, 0.3) is 0 Å². The predicted molar refractivity (Wildman–Crippen MR) is 213 cm³/mol. The maximum absolute atomic E-state index is 2.60. The van der Waals surface area contributed by atoms with Crippen molar-refractivity contribution in [3.8, 4) is 0 Å². The van der Waals surface area contributed by atoms with Gasteiger partial charge in [-0.05, 0) is 0 Å². The molecule has 0 unspecified atom stereocenters. The minimum absolute atomic E-state index is 0.908. The van der Waals surface area contributed by atoms with E-state index in [1.807, 2.05) is 0 Å². The summed E-state index contributed by atoms with van der Waals surface area (Å²) in [6, 6.07) is 50.9. The summed E-state index contributed by atoms with van der Waals surface area (Å²) in [7, 11) is 1.06. The average molecular weight is 651 g/mol. The summed E-state index contributed by atoms with van der Waals surface area (Å²) in [5.74, 6) is 0. The van der Waals surface area contributed by atoms with E-state index in [0.29, 0.717) is 0 Å². The molecule has 47 heavy (non-hydrogen) atoms. The molecule has 0 radical (unpaired) electrons. The van der Waals surface area contributed by atoms with Crippen LogP contribution in [0.15, 0.2) is 133 Å². The summed E-state index contributed by atoms with van der Waals surface area (Å²) in [5, 5.41) is 8.41. The van der Waals surface area contributed by atoms with Crippen molar-refractivity contribution in [3.63, 3.8) is 0 Å². The van der Waals surface area contributed by atoms with Crippen molar-refractivity contribution in [1.82, 2.24) is 0 Å². The molecule has 0 aliphatic carbocycles. The zero-order chi connectivity index (χ0) is 32.9. The first-order valence-electron chi connectivity index (χ1n) is 16.5. The van der Waals surface area contributed by atoms with Crippen LogP contribution in [0.5, 0.6) is 0 Å². The molecule has 4 heteroatoms. The first-order chi connectivity index (χ1) is 22.7. The predicted octanol–water partition coefficient (Wildman–Crippen LogP) is 8.18. The number of benzene rings is 6. The van der Waals surface area contributed by atoms with Crippen LogP contribution >= 0.6 is 15.2 Å². The van der Waals surface area contributed by atoms with Crippen molar-refractivity contribution in [3.05, 3.63) is 156 Å². The van der Waals surface area contributed by atoms with Gasteiger partial charge >= 0.3 is 284 Å². The van der Waals surface area contributed by atoms with Gasteiger partial charge in [-0.1, -0.05) is 0 Å². The van der Waals surface area contributed by atoms with Crippen molar-refractivity contribution in [2.75, 3.05) is 30.6 Å². The Morgan fingerprint density at radius 1 is 0.447 bits per heavy atom. The molecule has 0 amide bonds. The van der Waals surface area contributed by atoms with Crippen LogP contribution < -0.4 is 41.6 Å². The summed E-state index contributed by atoms with van der Waals surface area (Å²) in [4.78, 5) is 4.98. The van der Waals surface area contributed by atoms with Crippen molar-refractivity contribution in [2.45, 2.75) is 27.7 Å².